The van der Waals surface area contributed by atoms with Crippen molar-refractivity contribution >= 4 is 35.2 Å². The molecule has 1 aliphatic rings. The molecule has 0 spiro atoms. The van der Waals surface area contributed by atoms with E-state index in [1.54, 1.807) is 6.21 Å². The number of para-hydroxylation sites is 1. The zero-order chi connectivity index (χ0) is 39.0. The Morgan fingerprint density at radius 2 is 1.48 bits per heavy atom. The predicted molar refractivity (Wildman–Crippen MR) is 215 cm³/mol. The number of hydrogen-bond acceptors (Lipinski definition) is 9. The number of nitrogens with two attached hydrogens (primary N) is 1. The quantitative estimate of drug-likeness (QED) is 0.0864. The Labute approximate surface area is 322 Å². The first-order valence-electron chi connectivity index (χ1n) is 19.4. The molecular weight excluding hydrogens is 686 g/mol. The summed E-state index contributed by atoms with van der Waals surface area (Å²) in [5.74, 6) is -0.825. The van der Waals surface area contributed by atoms with Crippen molar-refractivity contribution in [1.29, 1.82) is 0 Å². The van der Waals surface area contributed by atoms with Crippen molar-refractivity contribution in [2.75, 3.05) is 71.3 Å². The van der Waals surface area contributed by atoms with E-state index in [2.05, 4.69) is 40.4 Å². The lowest BCUT2D eigenvalue weighted by molar-refractivity contribution is -0.129. The molecule has 12 heteroatoms. The van der Waals surface area contributed by atoms with Gasteiger partial charge in [-0.15, -0.1) is 0 Å². The monoisotopic (exact) mass is 749 g/mol. The first kappa shape index (κ1) is 44.5. The molecule has 2 unspecified atom stereocenters. The molecule has 0 aromatic heterocycles. The molecule has 54 heavy (non-hydrogen) atoms. The molecule has 4 N–H and O–H groups in total. The fourth-order valence-corrected chi connectivity index (χ4v) is 6.17. The third-order valence-electron chi connectivity index (χ3n) is 9.16. The summed E-state index contributed by atoms with van der Waals surface area (Å²) in [5.41, 5.74) is 10.9. The molecule has 0 bridgehead atoms. The SMILES string of the molecule is C=C1Cc2ccccc2N(C(=O)CCCCOCCOCCOCCOCC/C=N/C(CCCCNC)C(=O)NC(C(N)=O)C(C)C)Cc2ccccc21. The highest BCUT2D eigenvalue weighted by Gasteiger charge is 2.26. The molecule has 12 nitrogen and oxygen atoms in total. The minimum Gasteiger partial charge on any atom is -0.379 e. The van der Waals surface area contributed by atoms with Crippen LogP contribution in [-0.2, 0) is 46.3 Å². The fraction of sp³-hybridized carbons (Fsp3) is 0.571. The number of rotatable bonds is 27. The number of primary amides is 1. The normalized spacial score (nSPS) is 14.0. The largest absolute Gasteiger partial charge is 0.379 e. The number of carbonyl (C=O) groups is 3. The molecule has 1 heterocycles. The van der Waals surface area contributed by atoms with Gasteiger partial charge in [0.25, 0.3) is 0 Å². The number of ether oxygens (including phenoxy) is 4. The van der Waals surface area contributed by atoms with Crippen LogP contribution in [0.1, 0.15) is 75.5 Å². The lowest BCUT2D eigenvalue weighted by Crippen LogP contribution is -2.50. The summed E-state index contributed by atoms with van der Waals surface area (Å²) in [6.45, 7) is 13.2. The Hall–Kier alpha value is -3.94. The van der Waals surface area contributed by atoms with Crippen molar-refractivity contribution in [2.24, 2.45) is 16.6 Å². The molecule has 2 aromatic rings. The summed E-state index contributed by atoms with van der Waals surface area (Å²) in [7, 11) is 1.89. The zero-order valence-corrected chi connectivity index (χ0v) is 32.7. The van der Waals surface area contributed by atoms with Crippen LogP contribution in [0.25, 0.3) is 5.57 Å². The van der Waals surface area contributed by atoms with Crippen molar-refractivity contribution in [3.8, 4) is 0 Å². The van der Waals surface area contributed by atoms with Crippen molar-refractivity contribution in [2.45, 2.75) is 83.8 Å². The maximum absolute atomic E-state index is 13.4. The van der Waals surface area contributed by atoms with Crippen molar-refractivity contribution in [3.63, 3.8) is 0 Å². The molecule has 3 amide bonds. The van der Waals surface area contributed by atoms with Crippen LogP contribution < -0.4 is 21.3 Å². The van der Waals surface area contributed by atoms with Gasteiger partial charge in [-0.05, 0) is 86.4 Å². The second kappa shape index (κ2) is 26.0. The zero-order valence-electron chi connectivity index (χ0n) is 32.7. The number of anilines is 1. The number of nitrogens with zero attached hydrogens (tertiary/aromatic N) is 2. The van der Waals surface area contributed by atoms with E-state index >= 15 is 0 Å². The minimum absolute atomic E-state index is 0.107. The Kier molecular flexibility index (Phi) is 21.4. The molecule has 2 aromatic carbocycles. The van der Waals surface area contributed by atoms with Crippen LogP contribution >= 0.6 is 0 Å². The van der Waals surface area contributed by atoms with E-state index in [0.29, 0.717) is 78.7 Å². The van der Waals surface area contributed by atoms with Gasteiger partial charge in [0.2, 0.25) is 17.7 Å². The van der Waals surface area contributed by atoms with E-state index in [9.17, 15) is 14.4 Å². The predicted octanol–water partition coefficient (Wildman–Crippen LogP) is 4.87. The maximum atomic E-state index is 13.4. The molecule has 0 saturated heterocycles. The second-order valence-corrected chi connectivity index (χ2v) is 13.8. The van der Waals surface area contributed by atoms with Gasteiger partial charge in [0.05, 0.1) is 52.8 Å². The summed E-state index contributed by atoms with van der Waals surface area (Å²) in [6.07, 6.45) is 7.34. The molecule has 0 saturated carbocycles. The molecule has 1 aliphatic heterocycles. The molecule has 3 rings (SSSR count). The van der Waals surface area contributed by atoms with Crippen LogP contribution in [0.3, 0.4) is 0 Å². The third-order valence-corrected chi connectivity index (χ3v) is 9.16. The van der Waals surface area contributed by atoms with Gasteiger partial charge in [0, 0.05) is 31.4 Å². The molecular formula is C42H63N5O7. The highest BCUT2D eigenvalue weighted by atomic mass is 16.6. The van der Waals surface area contributed by atoms with Crippen LogP contribution in [-0.4, -0.2) is 102 Å². The number of fused-ring (bicyclic) bond motifs is 2. The Morgan fingerprint density at radius 1 is 0.852 bits per heavy atom. The number of aliphatic imine (C=N–C) groups is 1. The van der Waals surface area contributed by atoms with Gasteiger partial charge >= 0.3 is 0 Å². The number of amides is 3. The second-order valence-electron chi connectivity index (χ2n) is 13.8. The third kappa shape index (κ3) is 16.2. The summed E-state index contributed by atoms with van der Waals surface area (Å²) >= 11 is 0. The van der Waals surface area contributed by atoms with Crippen LogP contribution in [0.5, 0.6) is 0 Å². The highest BCUT2D eigenvalue weighted by Crippen LogP contribution is 2.33. The smallest absolute Gasteiger partial charge is 0.245 e. The summed E-state index contributed by atoms with van der Waals surface area (Å²) < 4.78 is 22.5. The van der Waals surface area contributed by atoms with Crippen LogP contribution in [0, 0.1) is 5.92 Å². The van der Waals surface area contributed by atoms with Gasteiger partial charge in [0.1, 0.15) is 12.1 Å². The number of benzene rings is 2. The number of carbonyl (C=O) groups excluding carboxylic acids is 3. The van der Waals surface area contributed by atoms with Gasteiger partial charge in [-0.1, -0.05) is 62.9 Å². The first-order valence-corrected chi connectivity index (χ1v) is 19.4. The maximum Gasteiger partial charge on any atom is 0.245 e. The van der Waals surface area contributed by atoms with Crippen LogP contribution in [0.4, 0.5) is 5.69 Å². The molecule has 0 radical (unpaired) electrons. The molecule has 0 aliphatic carbocycles. The van der Waals surface area contributed by atoms with Crippen molar-refractivity contribution in [3.05, 3.63) is 71.8 Å². The van der Waals surface area contributed by atoms with E-state index in [1.165, 1.54) is 0 Å². The van der Waals surface area contributed by atoms with Gasteiger partial charge in [-0.25, -0.2) is 0 Å². The lowest BCUT2D eigenvalue weighted by atomic mass is 9.92. The Morgan fingerprint density at radius 3 is 2.15 bits per heavy atom. The van der Waals surface area contributed by atoms with E-state index in [0.717, 1.165) is 66.6 Å². The molecule has 0 fully saturated rings. The fourth-order valence-electron chi connectivity index (χ4n) is 6.17. The average Bonchev–Trinajstić information content (AvgIpc) is 3.15. The van der Waals surface area contributed by atoms with Gasteiger partial charge in [0.15, 0.2) is 0 Å². The molecule has 2 atom stereocenters. The van der Waals surface area contributed by atoms with E-state index in [-0.39, 0.29) is 17.7 Å². The topological polar surface area (TPSA) is 154 Å². The van der Waals surface area contributed by atoms with E-state index in [4.69, 9.17) is 24.7 Å². The summed E-state index contributed by atoms with van der Waals surface area (Å²) in [6, 6.07) is 15.0. The van der Waals surface area contributed by atoms with Crippen molar-refractivity contribution in [1.82, 2.24) is 10.6 Å². The van der Waals surface area contributed by atoms with Crippen LogP contribution in [0.15, 0.2) is 60.1 Å². The first-order chi connectivity index (χ1) is 26.2. The van der Waals surface area contributed by atoms with E-state index < -0.39 is 18.0 Å². The Bertz CT molecular complexity index is 1470. The lowest BCUT2D eigenvalue weighted by Gasteiger charge is -2.29. The van der Waals surface area contributed by atoms with Crippen molar-refractivity contribution < 1.29 is 33.3 Å². The number of unbranched alkanes of at least 4 members (excludes halogenated alkanes) is 2. The number of nitrogens with one attached hydrogen (secondary N) is 2. The average molecular weight is 750 g/mol. The highest BCUT2D eigenvalue weighted by molar-refractivity contribution is 5.95. The number of hydrogen-bond donors (Lipinski definition) is 3. The van der Waals surface area contributed by atoms with Gasteiger partial charge < -0.3 is 40.2 Å². The summed E-state index contributed by atoms with van der Waals surface area (Å²) in [4.78, 5) is 44.4. The van der Waals surface area contributed by atoms with Gasteiger partial charge in [-0.3, -0.25) is 19.4 Å². The Balaban J connectivity index is 1.20. The van der Waals surface area contributed by atoms with E-state index in [1.807, 2.05) is 56.1 Å². The standard InChI is InChI=1S/C42H63N5O7/c1-32(2)40(41(43)49)46-42(50)37(17-9-11-20-44-4)45-21-13-23-52-25-27-54-29-28-53-26-24-51-22-12-10-19-39(48)47-31-35-15-5-7-16-36(35)33(3)30-34-14-6-8-18-38(34)47/h5-8,14-16,18,21,32,37,40,44H,3,9-13,17,19-20,22-31H2,1-2,4H3,(H2,43,49)(H,46,50)/b45-21+. The summed E-state index contributed by atoms with van der Waals surface area (Å²) in [5, 5.41) is 5.87. The molecule has 298 valence electrons. The minimum atomic E-state index is -0.726. The van der Waals surface area contributed by atoms with Gasteiger partial charge in [-0.2, -0.15) is 0 Å². The van der Waals surface area contributed by atoms with Crippen LogP contribution in [0.2, 0.25) is 0 Å². The number of allylic oxidation sites excluding steroid dienone is 1.